The first-order chi connectivity index (χ1) is 12.8. The lowest BCUT2D eigenvalue weighted by molar-refractivity contribution is -0.264. The second-order valence-corrected chi connectivity index (χ2v) is 6.96. The molecular weight excluding hydrogens is 363 g/mol. The minimum absolute atomic E-state index is 0.0769. The number of halogens is 3. The van der Waals surface area contributed by atoms with Gasteiger partial charge in [-0.2, -0.15) is 18.3 Å². The number of aryl methyl sites for hydroxylation is 1. The number of fused-ring (bicyclic) bond motifs is 1. The molecule has 2 fully saturated rings. The Morgan fingerprint density at radius 1 is 1.33 bits per heavy atom. The molecule has 7 nitrogen and oxygen atoms in total. The molecule has 2 atom stereocenters. The Morgan fingerprint density at radius 3 is 2.67 bits per heavy atom. The van der Waals surface area contributed by atoms with Crippen LogP contribution in [0.2, 0.25) is 0 Å². The molecule has 0 aliphatic carbocycles. The number of nitrogens with zero attached hydrogens (tertiary/aromatic N) is 4. The first-order valence-corrected chi connectivity index (χ1v) is 8.79. The van der Waals surface area contributed by atoms with Gasteiger partial charge in [0.15, 0.2) is 12.3 Å². The van der Waals surface area contributed by atoms with Crippen LogP contribution in [-0.2, 0) is 9.53 Å². The summed E-state index contributed by atoms with van der Waals surface area (Å²) in [7, 11) is 0. The molecular formula is C17H20F3N5O2. The fraction of sp³-hybridized carbons (Fsp3) is 0.588. The van der Waals surface area contributed by atoms with Crippen molar-refractivity contribution in [3.63, 3.8) is 0 Å². The maximum absolute atomic E-state index is 13.7. The quantitative estimate of drug-likeness (QED) is 0.855. The summed E-state index contributed by atoms with van der Waals surface area (Å²) in [6.07, 6.45) is -8.18. The van der Waals surface area contributed by atoms with Gasteiger partial charge in [-0.1, -0.05) is 0 Å². The molecule has 4 rings (SSSR count). The molecule has 27 heavy (non-hydrogen) atoms. The standard InChI is InChI=1S/C17H20F3N5O2/c1-9-3-4-12-14(22-9)13(11-7-21-8-11)23-25(12)16-15(17(18,19)20)27-6-5-24(16)10(2)26/h3-4,11,15-16,21H,5-8H2,1-2H3/t15-,16?/m1/s1. The van der Waals surface area contributed by atoms with Crippen molar-refractivity contribution in [2.75, 3.05) is 26.2 Å². The van der Waals surface area contributed by atoms with E-state index < -0.39 is 24.4 Å². The van der Waals surface area contributed by atoms with Crippen LogP contribution in [0, 0.1) is 6.92 Å². The van der Waals surface area contributed by atoms with E-state index in [-0.39, 0.29) is 19.1 Å². The molecule has 0 saturated carbocycles. The number of rotatable bonds is 2. The predicted molar refractivity (Wildman–Crippen MR) is 90.1 cm³/mol. The lowest BCUT2D eigenvalue weighted by atomic mass is 9.98. The van der Waals surface area contributed by atoms with E-state index in [2.05, 4.69) is 15.4 Å². The second kappa shape index (κ2) is 6.45. The Balaban J connectivity index is 1.90. The third kappa shape index (κ3) is 3.06. The zero-order chi connectivity index (χ0) is 19.3. The van der Waals surface area contributed by atoms with Crippen molar-refractivity contribution in [2.45, 2.75) is 38.2 Å². The normalized spacial score (nSPS) is 24.3. The highest BCUT2D eigenvalue weighted by Crippen LogP contribution is 2.38. The largest absolute Gasteiger partial charge is 0.418 e. The van der Waals surface area contributed by atoms with Crippen molar-refractivity contribution < 1.29 is 22.7 Å². The van der Waals surface area contributed by atoms with Gasteiger partial charge in [0.1, 0.15) is 5.52 Å². The zero-order valence-electron chi connectivity index (χ0n) is 15.0. The number of hydrogen-bond acceptors (Lipinski definition) is 5. The van der Waals surface area contributed by atoms with E-state index in [4.69, 9.17) is 4.74 Å². The summed E-state index contributed by atoms with van der Waals surface area (Å²) in [5, 5.41) is 7.65. The maximum atomic E-state index is 13.7. The molecule has 146 valence electrons. The highest BCUT2D eigenvalue weighted by atomic mass is 19.4. The molecule has 1 N–H and O–H groups in total. The summed E-state index contributed by atoms with van der Waals surface area (Å²) in [4.78, 5) is 17.8. The topological polar surface area (TPSA) is 72.3 Å². The average Bonchev–Trinajstić information content (AvgIpc) is 2.90. The van der Waals surface area contributed by atoms with Gasteiger partial charge in [-0.25, -0.2) is 9.67 Å². The van der Waals surface area contributed by atoms with Gasteiger partial charge in [-0.15, -0.1) is 0 Å². The minimum Gasteiger partial charge on any atom is -0.363 e. The molecule has 0 radical (unpaired) electrons. The van der Waals surface area contributed by atoms with Crippen LogP contribution in [-0.4, -0.2) is 64.1 Å². The monoisotopic (exact) mass is 383 g/mol. The molecule has 2 aromatic rings. The summed E-state index contributed by atoms with van der Waals surface area (Å²) < 4.78 is 47.4. The Morgan fingerprint density at radius 2 is 2.07 bits per heavy atom. The first kappa shape index (κ1) is 18.2. The number of morpholine rings is 1. The van der Waals surface area contributed by atoms with Crippen molar-refractivity contribution in [1.29, 1.82) is 0 Å². The van der Waals surface area contributed by atoms with Gasteiger partial charge in [0, 0.05) is 38.2 Å². The third-order valence-electron chi connectivity index (χ3n) is 5.08. The van der Waals surface area contributed by atoms with Crippen molar-refractivity contribution in [3.8, 4) is 0 Å². The number of carbonyl (C=O) groups is 1. The third-order valence-corrected chi connectivity index (χ3v) is 5.08. The van der Waals surface area contributed by atoms with Crippen LogP contribution in [0.3, 0.4) is 0 Å². The van der Waals surface area contributed by atoms with E-state index >= 15 is 0 Å². The average molecular weight is 383 g/mol. The zero-order valence-corrected chi connectivity index (χ0v) is 15.0. The molecule has 0 spiro atoms. The maximum Gasteiger partial charge on any atom is 0.418 e. The van der Waals surface area contributed by atoms with Crippen LogP contribution in [0.5, 0.6) is 0 Å². The number of hydrogen-bond donors (Lipinski definition) is 1. The number of carbonyl (C=O) groups excluding carboxylic acids is 1. The Kier molecular flexibility index (Phi) is 4.34. The molecule has 4 heterocycles. The van der Waals surface area contributed by atoms with Crippen LogP contribution < -0.4 is 5.32 Å². The fourth-order valence-corrected chi connectivity index (χ4v) is 3.63. The number of alkyl halides is 3. The van der Waals surface area contributed by atoms with Crippen LogP contribution in [0.25, 0.3) is 11.0 Å². The SMILES string of the molecule is CC(=O)N1CCO[C@@H](C(F)(F)F)C1n1nc(C2CNC2)c2nc(C)ccc21. The number of aromatic nitrogens is 3. The number of ether oxygens (including phenoxy) is 1. The summed E-state index contributed by atoms with van der Waals surface area (Å²) in [6, 6.07) is 3.44. The van der Waals surface area contributed by atoms with Gasteiger partial charge in [-0.3, -0.25) is 4.79 Å². The van der Waals surface area contributed by atoms with E-state index in [1.807, 2.05) is 6.92 Å². The van der Waals surface area contributed by atoms with Crippen molar-refractivity contribution >= 4 is 16.9 Å². The second-order valence-electron chi connectivity index (χ2n) is 6.96. The lowest BCUT2D eigenvalue weighted by Gasteiger charge is -2.41. The van der Waals surface area contributed by atoms with E-state index in [0.29, 0.717) is 29.8 Å². The molecule has 1 amide bonds. The number of nitrogens with one attached hydrogen (secondary N) is 1. The molecule has 2 saturated heterocycles. The van der Waals surface area contributed by atoms with E-state index in [9.17, 15) is 18.0 Å². The Labute approximate surface area is 153 Å². The summed E-state index contributed by atoms with van der Waals surface area (Å²) in [5.74, 6) is -0.365. The minimum atomic E-state index is -4.63. The first-order valence-electron chi connectivity index (χ1n) is 8.79. The van der Waals surface area contributed by atoms with Crippen molar-refractivity contribution in [3.05, 3.63) is 23.5 Å². The van der Waals surface area contributed by atoms with Crippen LogP contribution in [0.15, 0.2) is 12.1 Å². The van der Waals surface area contributed by atoms with Gasteiger partial charge in [0.05, 0.1) is 17.8 Å². The van der Waals surface area contributed by atoms with Crippen LogP contribution in [0.4, 0.5) is 13.2 Å². The molecule has 1 unspecified atom stereocenters. The predicted octanol–water partition coefficient (Wildman–Crippen LogP) is 1.73. The van der Waals surface area contributed by atoms with Gasteiger partial charge in [0.25, 0.3) is 0 Å². The molecule has 2 aromatic heterocycles. The van der Waals surface area contributed by atoms with E-state index in [0.717, 1.165) is 5.69 Å². The van der Waals surface area contributed by atoms with Crippen LogP contribution >= 0.6 is 0 Å². The number of pyridine rings is 1. The molecule has 0 bridgehead atoms. The van der Waals surface area contributed by atoms with Gasteiger partial charge in [-0.05, 0) is 19.1 Å². The van der Waals surface area contributed by atoms with Crippen LogP contribution in [0.1, 0.15) is 30.4 Å². The van der Waals surface area contributed by atoms with E-state index in [1.165, 1.54) is 16.5 Å². The molecule has 2 aliphatic heterocycles. The van der Waals surface area contributed by atoms with Crippen molar-refractivity contribution in [2.24, 2.45) is 0 Å². The Bertz CT molecular complexity index is 877. The molecule has 10 heteroatoms. The Hall–Kier alpha value is -2.20. The lowest BCUT2D eigenvalue weighted by Crippen LogP contribution is -2.55. The van der Waals surface area contributed by atoms with Gasteiger partial charge in [0.2, 0.25) is 5.91 Å². The summed E-state index contributed by atoms with van der Waals surface area (Å²) in [5.41, 5.74) is 2.46. The van der Waals surface area contributed by atoms with Gasteiger partial charge >= 0.3 is 6.18 Å². The highest BCUT2D eigenvalue weighted by Gasteiger charge is 2.52. The fourth-order valence-electron chi connectivity index (χ4n) is 3.63. The summed E-state index contributed by atoms with van der Waals surface area (Å²) in [6.45, 7) is 4.38. The molecule has 2 aliphatic rings. The highest BCUT2D eigenvalue weighted by molar-refractivity contribution is 5.79. The van der Waals surface area contributed by atoms with E-state index in [1.54, 1.807) is 12.1 Å². The van der Waals surface area contributed by atoms with Crippen molar-refractivity contribution in [1.82, 2.24) is 25.0 Å². The smallest absolute Gasteiger partial charge is 0.363 e. The number of amides is 1. The molecule has 0 aromatic carbocycles. The van der Waals surface area contributed by atoms with Gasteiger partial charge < -0.3 is 15.0 Å². The summed E-state index contributed by atoms with van der Waals surface area (Å²) >= 11 is 0.